The molecule has 0 unspecified atom stereocenters. The summed E-state index contributed by atoms with van der Waals surface area (Å²) in [5.41, 5.74) is 0.552. The lowest BCUT2D eigenvalue weighted by Crippen LogP contribution is -2.34. The van der Waals surface area contributed by atoms with E-state index in [0.717, 1.165) is 0 Å². The van der Waals surface area contributed by atoms with Gasteiger partial charge >= 0.3 is 6.04 Å². The maximum Gasteiger partial charge on any atom is 0.304 e. The number of carbonyl (C=O) groups excluding carboxylic acids is 1. The average Bonchev–Trinajstić information content (AvgIpc) is 2.67. The molecule has 11 heteroatoms. The first-order valence-electron chi connectivity index (χ1n) is 7.80. The molecule has 0 aliphatic heterocycles. The van der Waals surface area contributed by atoms with Crippen molar-refractivity contribution in [1.29, 1.82) is 0 Å². The molecule has 3 rings (SSSR count). The minimum atomic E-state index is -1.71. The van der Waals surface area contributed by atoms with Gasteiger partial charge in [0.2, 0.25) is 5.71 Å². The molecule has 0 bridgehead atoms. The quantitative estimate of drug-likeness (QED) is 0.282. The van der Waals surface area contributed by atoms with Crippen LogP contribution in [0.5, 0.6) is 0 Å². The third-order valence-electron chi connectivity index (χ3n) is 3.77. The molecule has 0 saturated heterocycles. The number of amides is 1. The van der Waals surface area contributed by atoms with Crippen LogP contribution >= 0.6 is 23.2 Å². The summed E-state index contributed by atoms with van der Waals surface area (Å²) in [5, 5.41) is 18.0. The van der Waals surface area contributed by atoms with E-state index in [-0.39, 0.29) is 16.4 Å². The van der Waals surface area contributed by atoms with E-state index in [1.165, 1.54) is 24.4 Å². The number of hydrogen-bond donors (Lipinski definition) is 2. The van der Waals surface area contributed by atoms with E-state index in [1.807, 2.05) is 0 Å². The molecule has 142 valence electrons. The van der Waals surface area contributed by atoms with Crippen molar-refractivity contribution in [3.8, 4) is 0 Å². The zero-order valence-corrected chi connectivity index (χ0v) is 15.6. The summed E-state index contributed by atoms with van der Waals surface area (Å²) < 4.78 is 0. The lowest BCUT2D eigenvalue weighted by atomic mass is 10.1. The summed E-state index contributed by atoms with van der Waals surface area (Å²) in [6.07, 6.45) is 1.21. The van der Waals surface area contributed by atoms with Gasteiger partial charge in [0.1, 0.15) is 5.69 Å². The number of nitrogens with one attached hydrogen (secondary N) is 1. The van der Waals surface area contributed by atoms with E-state index in [1.54, 1.807) is 24.3 Å². The van der Waals surface area contributed by atoms with E-state index in [0.29, 0.717) is 16.1 Å². The highest BCUT2D eigenvalue weighted by Crippen LogP contribution is 2.26. The number of rotatable bonds is 5. The van der Waals surface area contributed by atoms with Crippen molar-refractivity contribution in [2.24, 2.45) is 10.9 Å². The second-order valence-electron chi connectivity index (χ2n) is 5.56. The van der Waals surface area contributed by atoms with E-state index in [4.69, 9.17) is 29.0 Å². The van der Waals surface area contributed by atoms with Crippen molar-refractivity contribution in [3.63, 3.8) is 0 Å². The molecule has 0 aliphatic carbocycles. The van der Waals surface area contributed by atoms with E-state index in [9.17, 15) is 14.9 Å². The highest BCUT2D eigenvalue weighted by atomic mass is 35.5. The predicted octanol–water partition coefficient (Wildman–Crippen LogP) is 3.21. The van der Waals surface area contributed by atoms with Gasteiger partial charge in [0.25, 0.3) is 5.91 Å². The topological polar surface area (TPSA) is 136 Å². The number of benzene rings is 2. The molecule has 3 aromatic rings. The molecule has 28 heavy (non-hydrogen) atoms. The summed E-state index contributed by atoms with van der Waals surface area (Å²) in [7, 11) is 0. The molecule has 0 aliphatic rings. The Morgan fingerprint density at radius 1 is 1.21 bits per heavy atom. The highest BCUT2D eigenvalue weighted by molar-refractivity contribution is 6.45. The van der Waals surface area contributed by atoms with Crippen LogP contribution in [0.1, 0.15) is 11.7 Å². The smallest absolute Gasteiger partial charge is 0.304 e. The van der Waals surface area contributed by atoms with Gasteiger partial charge in [-0.05, 0) is 30.3 Å². The zero-order chi connectivity index (χ0) is 20.3. The molecule has 1 atom stereocenters. The minimum absolute atomic E-state index is 0.0785. The van der Waals surface area contributed by atoms with Crippen LogP contribution in [0, 0.1) is 10.1 Å². The number of halogens is 2. The van der Waals surface area contributed by atoms with Gasteiger partial charge in [-0.15, -0.1) is 0 Å². The summed E-state index contributed by atoms with van der Waals surface area (Å²) in [6, 6.07) is 9.49. The standard InChI is InChI=1S/C17H12Cl2N6O3/c18-9-5-6-11(10(19)7-9)23-17(26)15(24-20)16(25(27)28)14-8-21-12-3-1-2-4-13(12)22-14/h1-8,16H,20H2,(H,23,26)/b24-15+/t16-/m0/s1. The maximum atomic E-state index is 12.6. The third kappa shape index (κ3) is 4.00. The van der Waals surface area contributed by atoms with Crippen molar-refractivity contribution >= 4 is 51.5 Å². The Labute approximate surface area is 168 Å². The molecule has 0 spiro atoms. The van der Waals surface area contributed by atoms with E-state index < -0.39 is 22.6 Å². The molecule has 0 saturated carbocycles. The fourth-order valence-corrected chi connectivity index (χ4v) is 2.94. The van der Waals surface area contributed by atoms with Crippen molar-refractivity contribution in [2.45, 2.75) is 6.04 Å². The first-order valence-corrected chi connectivity index (χ1v) is 8.55. The van der Waals surface area contributed by atoms with Crippen LogP contribution in [0.3, 0.4) is 0 Å². The van der Waals surface area contributed by atoms with Crippen LogP contribution in [0.2, 0.25) is 10.0 Å². The van der Waals surface area contributed by atoms with Crippen molar-refractivity contribution in [1.82, 2.24) is 9.97 Å². The minimum Gasteiger partial charge on any atom is -0.323 e. The van der Waals surface area contributed by atoms with E-state index >= 15 is 0 Å². The first-order chi connectivity index (χ1) is 13.4. The van der Waals surface area contributed by atoms with Crippen LogP contribution in [0.15, 0.2) is 53.8 Å². The summed E-state index contributed by atoms with van der Waals surface area (Å²) >= 11 is 11.8. The van der Waals surface area contributed by atoms with Crippen LogP contribution in [0.4, 0.5) is 5.69 Å². The number of para-hydroxylation sites is 2. The van der Waals surface area contributed by atoms with Gasteiger partial charge in [0.05, 0.1) is 27.9 Å². The average molecular weight is 419 g/mol. The number of nitro groups is 1. The van der Waals surface area contributed by atoms with E-state index in [2.05, 4.69) is 20.4 Å². The Kier molecular flexibility index (Phi) is 5.67. The number of carbonyl (C=O) groups is 1. The maximum absolute atomic E-state index is 12.6. The molecule has 2 aromatic carbocycles. The van der Waals surface area contributed by atoms with Crippen molar-refractivity contribution < 1.29 is 9.72 Å². The number of fused-ring (bicyclic) bond motifs is 1. The zero-order valence-electron chi connectivity index (χ0n) is 14.0. The van der Waals surface area contributed by atoms with Crippen molar-refractivity contribution in [2.75, 3.05) is 5.32 Å². The normalized spacial score (nSPS) is 12.6. The second-order valence-corrected chi connectivity index (χ2v) is 6.41. The number of hydrazone groups is 1. The first kappa shape index (κ1) is 19.5. The Morgan fingerprint density at radius 3 is 2.57 bits per heavy atom. The van der Waals surface area contributed by atoms with Gasteiger partial charge in [0, 0.05) is 9.95 Å². The molecule has 9 nitrogen and oxygen atoms in total. The van der Waals surface area contributed by atoms with Crippen LogP contribution < -0.4 is 11.2 Å². The molecule has 1 amide bonds. The lowest BCUT2D eigenvalue weighted by Gasteiger charge is -2.12. The highest BCUT2D eigenvalue weighted by Gasteiger charge is 2.37. The lowest BCUT2D eigenvalue weighted by molar-refractivity contribution is -0.509. The molecule has 0 radical (unpaired) electrons. The SMILES string of the molecule is N/N=C(/C(=O)Nc1ccc(Cl)cc1Cl)[C@H](c1cnc2ccccc2n1)[N+](=O)[O-]. The van der Waals surface area contributed by atoms with Gasteiger partial charge in [0.15, 0.2) is 0 Å². The summed E-state index contributed by atoms with van der Waals surface area (Å²) in [5.74, 6) is 4.40. The Balaban J connectivity index is 1.96. The largest absolute Gasteiger partial charge is 0.323 e. The van der Waals surface area contributed by atoms with Gasteiger partial charge in [-0.3, -0.25) is 19.9 Å². The van der Waals surface area contributed by atoms with Gasteiger partial charge < -0.3 is 11.2 Å². The molecule has 1 aromatic heterocycles. The van der Waals surface area contributed by atoms with Crippen molar-refractivity contribution in [3.05, 3.63) is 74.5 Å². The number of anilines is 1. The van der Waals surface area contributed by atoms with Gasteiger partial charge in [-0.2, -0.15) is 5.10 Å². The fraction of sp³-hybridized carbons (Fsp3) is 0.0588. The number of nitrogens with two attached hydrogens (primary N) is 1. The van der Waals surface area contributed by atoms with Gasteiger partial charge in [-0.1, -0.05) is 35.3 Å². The number of nitrogens with zero attached hydrogens (tertiary/aromatic N) is 4. The third-order valence-corrected chi connectivity index (χ3v) is 4.32. The molecule has 3 N–H and O–H groups in total. The number of aromatic nitrogens is 2. The molecular formula is C17H12Cl2N6O3. The second kappa shape index (κ2) is 8.15. The monoisotopic (exact) mass is 418 g/mol. The predicted molar refractivity (Wildman–Crippen MR) is 106 cm³/mol. The molecule has 1 heterocycles. The van der Waals surface area contributed by atoms with Crippen LogP contribution in [-0.4, -0.2) is 26.5 Å². The summed E-state index contributed by atoms with van der Waals surface area (Å²) in [4.78, 5) is 31.9. The van der Waals surface area contributed by atoms with Crippen LogP contribution in [-0.2, 0) is 4.79 Å². The van der Waals surface area contributed by atoms with Crippen LogP contribution in [0.25, 0.3) is 11.0 Å². The molecular weight excluding hydrogens is 407 g/mol. The Hall–Kier alpha value is -3.30. The Morgan fingerprint density at radius 2 is 1.93 bits per heavy atom. The number of hydrogen-bond acceptors (Lipinski definition) is 7. The fourth-order valence-electron chi connectivity index (χ4n) is 2.48. The molecule has 0 fully saturated rings. The van der Waals surface area contributed by atoms with Gasteiger partial charge in [-0.25, -0.2) is 4.98 Å². The Bertz CT molecular complexity index is 1110. The summed E-state index contributed by atoms with van der Waals surface area (Å²) in [6.45, 7) is 0.